The highest BCUT2D eigenvalue weighted by Crippen LogP contribution is 2.37. The van der Waals surface area contributed by atoms with Gasteiger partial charge in [0.25, 0.3) is 11.8 Å². The summed E-state index contributed by atoms with van der Waals surface area (Å²) in [6.07, 6.45) is 3.39. The van der Waals surface area contributed by atoms with E-state index in [-0.39, 0.29) is 18.4 Å². The van der Waals surface area contributed by atoms with Crippen molar-refractivity contribution in [1.82, 2.24) is 9.88 Å². The number of thioether (sulfide) groups is 1. The van der Waals surface area contributed by atoms with Gasteiger partial charge in [0.1, 0.15) is 17.0 Å². The topological polar surface area (TPSA) is 80.8 Å². The molecule has 1 aliphatic rings. The molecule has 33 heavy (non-hydrogen) atoms. The monoisotopic (exact) mass is 463 g/mol. The van der Waals surface area contributed by atoms with Crippen molar-refractivity contribution < 1.29 is 19.1 Å². The van der Waals surface area contributed by atoms with Gasteiger partial charge in [-0.15, -0.1) is 11.8 Å². The first kappa shape index (κ1) is 22.7. The average Bonchev–Trinajstić information content (AvgIpc) is 2.96. The lowest BCUT2D eigenvalue weighted by molar-refractivity contribution is -0.125. The number of nitrogens with zero attached hydrogens (tertiary/aromatic N) is 2. The Morgan fingerprint density at radius 3 is 2.70 bits per heavy atom. The number of carbonyl (C=O) groups is 2. The molecule has 0 spiro atoms. The maximum absolute atomic E-state index is 13.7. The zero-order valence-corrected chi connectivity index (χ0v) is 19.5. The molecular weight excluding hydrogens is 438 g/mol. The predicted octanol–water partition coefficient (Wildman–Crippen LogP) is 4.24. The van der Waals surface area contributed by atoms with Crippen molar-refractivity contribution >= 4 is 29.3 Å². The molecule has 1 atom stereocenters. The second kappa shape index (κ2) is 9.54. The fraction of sp³-hybridized carbons (Fsp3) is 0.240. The summed E-state index contributed by atoms with van der Waals surface area (Å²) in [5, 5.41) is 2.97. The van der Waals surface area contributed by atoms with E-state index in [0.29, 0.717) is 28.5 Å². The van der Waals surface area contributed by atoms with Crippen LogP contribution in [0.3, 0.4) is 0 Å². The van der Waals surface area contributed by atoms with Crippen LogP contribution in [0.25, 0.3) is 0 Å². The second-order valence-electron chi connectivity index (χ2n) is 7.83. The van der Waals surface area contributed by atoms with Crippen molar-refractivity contribution in [3.8, 4) is 11.5 Å². The number of nitrogens with one attached hydrogen (secondary N) is 1. The molecule has 8 heteroatoms. The van der Waals surface area contributed by atoms with Crippen LogP contribution in [-0.2, 0) is 11.3 Å². The summed E-state index contributed by atoms with van der Waals surface area (Å²) in [7, 11) is 3.10. The van der Waals surface area contributed by atoms with Gasteiger partial charge in [0.2, 0.25) is 0 Å². The predicted molar refractivity (Wildman–Crippen MR) is 128 cm³/mol. The minimum Gasteiger partial charge on any atom is -0.497 e. The van der Waals surface area contributed by atoms with Gasteiger partial charge in [0.05, 0.1) is 25.5 Å². The van der Waals surface area contributed by atoms with Gasteiger partial charge >= 0.3 is 0 Å². The molecule has 7 nitrogen and oxygen atoms in total. The fourth-order valence-electron chi connectivity index (χ4n) is 3.70. The molecule has 2 aromatic carbocycles. The number of hydrogen-bond acceptors (Lipinski definition) is 6. The molecule has 1 aromatic heterocycles. The standard InChI is InChI=1S/C25H25N3O4S/c1-25(24(30)27-20-11-10-18(31-2)13-21(20)32-3)16-33-22-9-5-4-8-19(22)23(29)28(25)15-17-7-6-12-26-14-17/h4-14H,15-16H2,1-3H3,(H,27,30)/t25-/m1/s1. The van der Waals surface area contributed by atoms with Gasteiger partial charge < -0.3 is 19.7 Å². The number of rotatable bonds is 6. The van der Waals surface area contributed by atoms with E-state index >= 15 is 0 Å². The number of aromatic nitrogens is 1. The van der Waals surface area contributed by atoms with Crippen molar-refractivity contribution in [3.63, 3.8) is 0 Å². The number of pyridine rings is 1. The van der Waals surface area contributed by atoms with Gasteiger partial charge in [-0.05, 0) is 42.8 Å². The van der Waals surface area contributed by atoms with Crippen LogP contribution in [0.4, 0.5) is 5.69 Å². The van der Waals surface area contributed by atoms with E-state index in [1.165, 1.54) is 18.9 Å². The number of hydrogen-bond donors (Lipinski definition) is 1. The van der Waals surface area contributed by atoms with Gasteiger partial charge in [-0.2, -0.15) is 0 Å². The smallest absolute Gasteiger partial charge is 0.256 e. The van der Waals surface area contributed by atoms with Crippen LogP contribution in [0, 0.1) is 0 Å². The molecule has 1 aliphatic heterocycles. The number of amides is 2. The van der Waals surface area contributed by atoms with E-state index in [1.807, 2.05) is 30.3 Å². The minimum absolute atomic E-state index is 0.196. The molecule has 170 valence electrons. The van der Waals surface area contributed by atoms with E-state index in [2.05, 4.69) is 10.3 Å². The molecular formula is C25H25N3O4S. The Morgan fingerprint density at radius 1 is 1.15 bits per heavy atom. The Balaban J connectivity index is 1.72. The van der Waals surface area contributed by atoms with Gasteiger partial charge in [-0.1, -0.05) is 18.2 Å². The lowest BCUT2D eigenvalue weighted by Crippen LogP contribution is -2.57. The van der Waals surface area contributed by atoms with Crippen molar-refractivity contribution in [2.75, 3.05) is 25.3 Å². The SMILES string of the molecule is COc1ccc(NC(=O)[C@@]2(C)CSc3ccccc3C(=O)N2Cc2cccnc2)c(OC)c1. The maximum Gasteiger partial charge on any atom is 0.256 e. The first-order valence-corrected chi connectivity index (χ1v) is 11.4. The number of ether oxygens (including phenoxy) is 2. The van der Waals surface area contributed by atoms with E-state index in [9.17, 15) is 9.59 Å². The average molecular weight is 464 g/mol. The summed E-state index contributed by atoms with van der Waals surface area (Å²) in [5.41, 5.74) is 0.799. The molecule has 0 saturated heterocycles. The lowest BCUT2D eigenvalue weighted by atomic mass is 9.98. The molecule has 3 aromatic rings. The van der Waals surface area contributed by atoms with Crippen molar-refractivity contribution in [2.24, 2.45) is 0 Å². The van der Waals surface area contributed by atoms with Gasteiger partial charge in [-0.25, -0.2) is 0 Å². The van der Waals surface area contributed by atoms with Gasteiger partial charge in [0.15, 0.2) is 0 Å². The summed E-state index contributed by atoms with van der Waals surface area (Å²) in [4.78, 5) is 34.1. The summed E-state index contributed by atoms with van der Waals surface area (Å²) in [6.45, 7) is 2.05. The summed E-state index contributed by atoms with van der Waals surface area (Å²) in [5.74, 6) is 0.980. The first-order chi connectivity index (χ1) is 16.0. The molecule has 0 saturated carbocycles. The molecule has 0 aliphatic carbocycles. The largest absolute Gasteiger partial charge is 0.497 e. The minimum atomic E-state index is -1.14. The zero-order chi connectivity index (χ0) is 23.4. The van der Waals surface area contributed by atoms with Crippen molar-refractivity contribution in [3.05, 3.63) is 78.1 Å². The third-order valence-electron chi connectivity index (χ3n) is 5.68. The fourth-order valence-corrected chi connectivity index (χ4v) is 4.91. The summed E-state index contributed by atoms with van der Waals surface area (Å²) >= 11 is 1.50. The molecule has 2 heterocycles. The van der Waals surface area contributed by atoms with Crippen LogP contribution in [0.2, 0.25) is 0 Å². The van der Waals surface area contributed by atoms with E-state index in [1.54, 1.807) is 55.6 Å². The highest BCUT2D eigenvalue weighted by Gasteiger charge is 2.45. The molecule has 2 amide bonds. The second-order valence-corrected chi connectivity index (χ2v) is 8.85. The Hall–Kier alpha value is -3.52. The Labute approximate surface area is 197 Å². The van der Waals surface area contributed by atoms with Gasteiger partial charge in [-0.3, -0.25) is 14.6 Å². The lowest BCUT2D eigenvalue weighted by Gasteiger charge is -2.38. The number of fused-ring (bicyclic) bond motifs is 1. The summed E-state index contributed by atoms with van der Waals surface area (Å²) in [6, 6.07) is 16.3. The summed E-state index contributed by atoms with van der Waals surface area (Å²) < 4.78 is 10.7. The molecule has 0 radical (unpaired) electrons. The molecule has 0 unspecified atom stereocenters. The molecule has 0 fully saturated rings. The maximum atomic E-state index is 13.7. The quantitative estimate of drug-likeness (QED) is 0.589. The number of carbonyl (C=O) groups excluding carboxylic acids is 2. The van der Waals surface area contributed by atoms with Crippen LogP contribution in [-0.4, -0.2) is 47.2 Å². The first-order valence-electron chi connectivity index (χ1n) is 10.4. The third kappa shape index (κ3) is 4.52. The molecule has 1 N–H and O–H groups in total. The van der Waals surface area contributed by atoms with Crippen LogP contribution in [0.15, 0.2) is 71.9 Å². The van der Waals surface area contributed by atoms with Crippen molar-refractivity contribution in [2.45, 2.75) is 23.9 Å². The van der Waals surface area contributed by atoms with Crippen LogP contribution >= 0.6 is 11.8 Å². The molecule has 4 rings (SSSR count). The van der Waals surface area contributed by atoms with E-state index in [4.69, 9.17) is 9.47 Å². The Kier molecular flexibility index (Phi) is 6.55. The van der Waals surface area contributed by atoms with Crippen molar-refractivity contribution in [1.29, 1.82) is 0 Å². The Bertz CT molecular complexity index is 1170. The zero-order valence-electron chi connectivity index (χ0n) is 18.7. The third-order valence-corrected chi connectivity index (χ3v) is 7.05. The molecule has 0 bridgehead atoms. The van der Waals surface area contributed by atoms with Gasteiger partial charge in [0, 0.05) is 35.7 Å². The van der Waals surface area contributed by atoms with E-state index in [0.717, 1.165) is 10.5 Å². The van der Waals surface area contributed by atoms with E-state index < -0.39 is 5.54 Å². The number of methoxy groups -OCH3 is 2. The van der Waals surface area contributed by atoms with Crippen LogP contribution in [0.5, 0.6) is 11.5 Å². The Morgan fingerprint density at radius 2 is 1.97 bits per heavy atom. The number of benzene rings is 2. The van der Waals surface area contributed by atoms with Crippen LogP contribution in [0.1, 0.15) is 22.8 Å². The highest BCUT2D eigenvalue weighted by molar-refractivity contribution is 7.99. The normalized spacial score (nSPS) is 17.7. The highest BCUT2D eigenvalue weighted by atomic mass is 32.2. The van der Waals surface area contributed by atoms with Crippen LogP contribution < -0.4 is 14.8 Å². The number of anilines is 1.